The second-order valence-electron chi connectivity index (χ2n) is 6.77. The molecule has 6 heteroatoms. The summed E-state index contributed by atoms with van der Waals surface area (Å²) < 4.78 is 5.45. The standard InChI is InChI=1S/C21H22N4O2/c1-22-21(26)18-12-16-9-5-6-10-17(16)13-25(18)14-20-23-19(24-27-20)11-15-7-3-2-4-8-15/h2-10,18H,11-14H2,1H3,(H,22,26)/t18-/m1/s1. The Kier molecular flexibility index (Phi) is 4.98. The second-order valence-corrected chi connectivity index (χ2v) is 6.77. The summed E-state index contributed by atoms with van der Waals surface area (Å²) in [6, 6.07) is 18.1. The summed E-state index contributed by atoms with van der Waals surface area (Å²) >= 11 is 0. The Morgan fingerprint density at radius 3 is 2.67 bits per heavy atom. The first-order valence-corrected chi connectivity index (χ1v) is 9.11. The SMILES string of the molecule is CNC(=O)[C@H]1Cc2ccccc2CN1Cc1nc(Cc2ccccc2)no1. The van der Waals surface area contributed by atoms with E-state index in [1.807, 2.05) is 42.5 Å². The minimum absolute atomic E-state index is 0.00790. The molecule has 138 valence electrons. The van der Waals surface area contributed by atoms with Crippen molar-refractivity contribution in [2.24, 2.45) is 0 Å². The zero-order chi connectivity index (χ0) is 18.6. The third-order valence-electron chi connectivity index (χ3n) is 4.95. The maximum Gasteiger partial charge on any atom is 0.240 e. The van der Waals surface area contributed by atoms with Crippen molar-refractivity contribution in [2.45, 2.75) is 32.0 Å². The molecule has 1 aliphatic heterocycles. The van der Waals surface area contributed by atoms with Gasteiger partial charge < -0.3 is 9.84 Å². The summed E-state index contributed by atoms with van der Waals surface area (Å²) in [5, 5.41) is 6.87. The van der Waals surface area contributed by atoms with Gasteiger partial charge in [0.15, 0.2) is 5.82 Å². The van der Waals surface area contributed by atoms with Crippen LogP contribution in [0.2, 0.25) is 0 Å². The van der Waals surface area contributed by atoms with Gasteiger partial charge in [-0.25, -0.2) is 0 Å². The highest BCUT2D eigenvalue weighted by molar-refractivity contribution is 5.82. The largest absolute Gasteiger partial charge is 0.358 e. The molecule has 1 aliphatic rings. The molecule has 0 fully saturated rings. The van der Waals surface area contributed by atoms with Crippen molar-refractivity contribution in [1.82, 2.24) is 20.4 Å². The highest BCUT2D eigenvalue weighted by Crippen LogP contribution is 2.25. The molecule has 0 unspecified atom stereocenters. The number of aromatic nitrogens is 2. The van der Waals surface area contributed by atoms with Crippen molar-refractivity contribution in [1.29, 1.82) is 0 Å². The zero-order valence-electron chi connectivity index (χ0n) is 15.3. The Balaban J connectivity index is 1.51. The molecule has 0 aliphatic carbocycles. The molecule has 2 aromatic carbocycles. The van der Waals surface area contributed by atoms with Gasteiger partial charge in [-0.2, -0.15) is 4.98 Å². The molecular formula is C21H22N4O2. The molecule has 0 saturated heterocycles. The summed E-state index contributed by atoms with van der Waals surface area (Å²) in [5.74, 6) is 1.20. The van der Waals surface area contributed by atoms with Crippen molar-refractivity contribution in [3.8, 4) is 0 Å². The highest BCUT2D eigenvalue weighted by Gasteiger charge is 2.32. The summed E-state index contributed by atoms with van der Waals surface area (Å²) in [4.78, 5) is 19.0. The average molecular weight is 362 g/mol. The van der Waals surface area contributed by atoms with Gasteiger partial charge in [0.05, 0.1) is 12.6 Å². The summed E-state index contributed by atoms with van der Waals surface area (Å²) in [6.45, 7) is 1.14. The molecule has 4 rings (SSSR count). The Labute approximate surface area is 158 Å². The average Bonchev–Trinajstić information content (AvgIpc) is 3.14. The Morgan fingerprint density at radius 1 is 1.15 bits per heavy atom. The third kappa shape index (κ3) is 3.90. The van der Waals surface area contributed by atoms with Crippen molar-refractivity contribution in [3.63, 3.8) is 0 Å². The molecule has 1 atom stereocenters. The van der Waals surface area contributed by atoms with E-state index >= 15 is 0 Å². The summed E-state index contributed by atoms with van der Waals surface area (Å²) in [7, 11) is 1.67. The topological polar surface area (TPSA) is 71.3 Å². The molecule has 3 aromatic rings. The van der Waals surface area contributed by atoms with Crippen LogP contribution in [0.4, 0.5) is 0 Å². The number of carbonyl (C=O) groups is 1. The first-order chi connectivity index (χ1) is 13.2. The van der Waals surface area contributed by atoms with E-state index in [0.29, 0.717) is 37.6 Å². The van der Waals surface area contributed by atoms with Gasteiger partial charge in [-0.15, -0.1) is 0 Å². The van der Waals surface area contributed by atoms with Crippen molar-refractivity contribution in [2.75, 3.05) is 7.05 Å². The Hall–Kier alpha value is -2.99. The number of carbonyl (C=O) groups excluding carboxylic acids is 1. The highest BCUT2D eigenvalue weighted by atomic mass is 16.5. The van der Waals surface area contributed by atoms with Crippen LogP contribution in [-0.4, -0.2) is 34.0 Å². The first kappa shape index (κ1) is 17.4. The number of hydrogen-bond donors (Lipinski definition) is 1. The quantitative estimate of drug-likeness (QED) is 0.754. The lowest BCUT2D eigenvalue weighted by molar-refractivity contribution is -0.126. The van der Waals surface area contributed by atoms with Crippen LogP contribution in [-0.2, 0) is 30.7 Å². The van der Waals surface area contributed by atoms with Crippen molar-refractivity contribution < 1.29 is 9.32 Å². The predicted molar refractivity (Wildman–Crippen MR) is 101 cm³/mol. The minimum atomic E-state index is -0.241. The van der Waals surface area contributed by atoms with Crippen LogP contribution in [0.25, 0.3) is 0 Å². The van der Waals surface area contributed by atoms with Gasteiger partial charge in [0.1, 0.15) is 0 Å². The Morgan fingerprint density at radius 2 is 1.89 bits per heavy atom. The van der Waals surface area contributed by atoms with E-state index in [0.717, 1.165) is 5.56 Å². The fourth-order valence-electron chi connectivity index (χ4n) is 3.55. The maximum atomic E-state index is 12.4. The van der Waals surface area contributed by atoms with Gasteiger partial charge in [-0.05, 0) is 23.1 Å². The smallest absolute Gasteiger partial charge is 0.240 e. The van der Waals surface area contributed by atoms with Crippen LogP contribution in [0.3, 0.4) is 0 Å². The normalized spacial score (nSPS) is 16.7. The van der Waals surface area contributed by atoms with Gasteiger partial charge in [0, 0.05) is 20.0 Å². The van der Waals surface area contributed by atoms with Crippen LogP contribution in [0.1, 0.15) is 28.4 Å². The van der Waals surface area contributed by atoms with Gasteiger partial charge >= 0.3 is 0 Å². The molecular weight excluding hydrogens is 340 g/mol. The van der Waals surface area contributed by atoms with E-state index in [1.165, 1.54) is 11.1 Å². The number of amides is 1. The van der Waals surface area contributed by atoms with Crippen LogP contribution in [0.5, 0.6) is 0 Å². The van der Waals surface area contributed by atoms with E-state index in [1.54, 1.807) is 7.05 Å². The Bertz CT molecular complexity index is 923. The molecule has 1 aromatic heterocycles. The summed E-state index contributed by atoms with van der Waals surface area (Å²) in [5.41, 5.74) is 3.60. The van der Waals surface area contributed by atoms with Crippen LogP contribution < -0.4 is 5.32 Å². The van der Waals surface area contributed by atoms with E-state index < -0.39 is 0 Å². The van der Waals surface area contributed by atoms with E-state index in [-0.39, 0.29) is 11.9 Å². The van der Waals surface area contributed by atoms with Gasteiger partial charge in [0.25, 0.3) is 0 Å². The number of hydrogen-bond acceptors (Lipinski definition) is 5. The van der Waals surface area contributed by atoms with E-state index in [2.05, 4.69) is 32.5 Å². The molecule has 1 N–H and O–H groups in total. The van der Waals surface area contributed by atoms with Crippen molar-refractivity contribution in [3.05, 3.63) is 83.0 Å². The molecule has 27 heavy (non-hydrogen) atoms. The lowest BCUT2D eigenvalue weighted by Crippen LogP contribution is -2.49. The molecule has 0 spiro atoms. The van der Waals surface area contributed by atoms with Gasteiger partial charge in [0.2, 0.25) is 11.8 Å². The lowest BCUT2D eigenvalue weighted by Gasteiger charge is -2.34. The lowest BCUT2D eigenvalue weighted by atomic mass is 9.93. The number of fused-ring (bicyclic) bond motifs is 1. The fourth-order valence-corrected chi connectivity index (χ4v) is 3.55. The van der Waals surface area contributed by atoms with Crippen LogP contribution in [0, 0.1) is 0 Å². The molecule has 1 amide bonds. The van der Waals surface area contributed by atoms with E-state index in [4.69, 9.17) is 4.52 Å². The van der Waals surface area contributed by atoms with Crippen LogP contribution in [0.15, 0.2) is 59.1 Å². The fraction of sp³-hybridized carbons (Fsp3) is 0.286. The van der Waals surface area contributed by atoms with Gasteiger partial charge in [-0.3, -0.25) is 9.69 Å². The van der Waals surface area contributed by atoms with Crippen molar-refractivity contribution >= 4 is 5.91 Å². The summed E-state index contributed by atoms with van der Waals surface area (Å²) in [6.07, 6.45) is 1.31. The molecule has 0 radical (unpaired) electrons. The molecule has 0 bridgehead atoms. The maximum absolute atomic E-state index is 12.4. The van der Waals surface area contributed by atoms with E-state index in [9.17, 15) is 4.79 Å². The number of benzene rings is 2. The predicted octanol–water partition coefficient (Wildman–Crippen LogP) is 2.33. The monoisotopic (exact) mass is 362 g/mol. The number of nitrogens with zero attached hydrogens (tertiary/aromatic N) is 3. The zero-order valence-corrected chi connectivity index (χ0v) is 15.3. The van der Waals surface area contributed by atoms with Crippen LogP contribution >= 0.6 is 0 Å². The number of likely N-dealkylation sites (N-methyl/N-ethyl adjacent to an activating group) is 1. The molecule has 2 heterocycles. The molecule has 0 saturated carbocycles. The second kappa shape index (κ2) is 7.72. The number of rotatable bonds is 5. The van der Waals surface area contributed by atoms with Gasteiger partial charge in [-0.1, -0.05) is 59.8 Å². The minimum Gasteiger partial charge on any atom is -0.358 e. The first-order valence-electron chi connectivity index (χ1n) is 9.11. The number of nitrogens with one attached hydrogen (secondary N) is 1. The third-order valence-corrected chi connectivity index (χ3v) is 4.95. The molecule has 6 nitrogen and oxygen atoms in total.